The molecule has 0 fully saturated rings. The average molecular weight is 838 g/mol. The minimum atomic E-state index is -3.93. The van der Waals surface area contributed by atoms with E-state index in [0.29, 0.717) is 44.7 Å². The SMILES string of the molecule is [2H]c1nc(-c2cc(-c3ccccc3)cc(-c3cccc4c3nc(-c3cc(C)cc(C)c3O)n4-c3ccc(C)cc3-c3ccc(C(C)(C)C)cc3)c2)c([2H])c(-c2c([2H])c([2H])c(C(C([2H])([2H])[2H])(C([2H])([2H])[2H])C([2H])([2H])[2H])c([2H])c2[2H])c1[2H]. The summed E-state index contributed by atoms with van der Waals surface area (Å²) in [4.78, 5) is 9.81. The molecule has 0 spiro atoms. The van der Waals surface area contributed by atoms with E-state index in [9.17, 15) is 9.22 Å². The lowest BCUT2D eigenvalue weighted by atomic mass is 9.86. The van der Waals surface area contributed by atoms with E-state index in [4.69, 9.17) is 22.8 Å². The van der Waals surface area contributed by atoms with Crippen molar-refractivity contribution in [3.63, 3.8) is 0 Å². The van der Waals surface area contributed by atoms with Gasteiger partial charge in [-0.2, -0.15) is 0 Å². The van der Waals surface area contributed by atoms with Crippen molar-refractivity contribution in [2.45, 2.75) is 72.9 Å². The predicted molar refractivity (Wildman–Crippen MR) is 265 cm³/mol. The number of phenols is 1. The van der Waals surface area contributed by atoms with Crippen LogP contribution >= 0.6 is 0 Å². The van der Waals surface area contributed by atoms with Crippen molar-refractivity contribution in [3.8, 4) is 78.6 Å². The van der Waals surface area contributed by atoms with Gasteiger partial charge in [-0.1, -0.05) is 150 Å². The number of benzene rings is 7. The summed E-state index contributed by atoms with van der Waals surface area (Å²) < 4.78 is 141. The number of aromatic nitrogens is 3. The van der Waals surface area contributed by atoms with Gasteiger partial charge in [0.05, 0.1) is 37.6 Å². The molecule has 4 heteroatoms. The van der Waals surface area contributed by atoms with E-state index in [1.165, 1.54) is 5.56 Å². The molecule has 0 radical (unpaired) electrons. The molecule has 312 valence electrons. The second-order valence-electron chi connectivity index (χ2n) is 17.1. The Morgan fingerprint density at radius 2 is 1.27 bits per heavy atom. The third-order valence-corrected chi connectivity index (χ3v) is 11.3. The quantitative estimate of drug-likeness (QED) is 0.174. The highest BCUT2D eigenvalue weighted by Crippen LogP contribution is 2.43. The van der Waals surface area contributed by atoms with Crippen LogP contribution in [0.1, 0.15) is 91.1 Å². The molecule has 1 N–H and O–H groups in total. The maximum absolute atomic E-state index is 11.9. The van der Waals surface area contributed by atoms with Gasteiger partial charge in [-0.3, -0.25) is 9.55 Å². The highest BCUT2D eigenvalue weighted by molar-refractivity contribution is 5.98. The molecule has 0 bridgehead atoms. The maximum atomic E-state index is 11.9. The lowest BCUT2D eigenvalue weighted by molar-refractivity contribution is 0.472. The molecule has 9 rings (SSSR count). The molecule has 0 saturated carbocycles. The van der Waals surface area contributed by atoms with Gasteiger partial charge in [0.15, 0.2) is 0 Å². The second-order valence-corrected chi connectivity index (χ2v) is 17.1. The van der Waals surface area contributed by atoms with Crippen molar-refractivity contribution < 1.29 is 27.0 Å². The van der Waals surface area contributed by atoms with Crippen LogP contribution in [0.2, 0.25) is 0 Å². The van der Waals surface area contributed by atoms with Crippen molar-refractivity contribution in [2.75, 3.05) is 0 Å². The topological polar surface area (TPSA) is 50.9 Å². The van der Waals surface area contributed by atoms with Gasteiger partial charge in [-0.05, 0) is 142 Å². The highest BCUT2D eigenvalue weighted by atomic mass is 16.3. The Labute approximate surface area is 395 Å². The first-order valence-electron chi connectivity index (χ1n) is 28.6. The second kappa shape index (κ2) is 16.0. The van der Waals surface area contributed by atoms with Gasteiger partial charge in [-0.15, -0.1) is 0 Å². The summed E-state index contributed by atoms with van der Waals surface area (Å²) in [5.74, 6) is 0.503. The highest BCUT2D eigenvalue weighted by Gasteiger charge is 2.24. The van der Waals surface area contributed by atoms with Crippen LogP contribution in [0.25, 0.3) is 83.9 Å². The summed E-state index contributed by atoms with van der Waals surface area (Å²) in [6, 6.07) is 32.5. The van der Waals surface area contributed by atoms with Crippen LogP contribution in [0.4, 0.5) is 0 Å². The number of fused-ring (bicyclic) bond motifs is 1. The Kier molecular flexibility index (Phi) is 6.72. The molecule has 2 heterocycles. The Balaban J connectivity index is 1.33. The van der Waals surface area contributed by atoms with Crippen LogP contribution in [-0.2, 0) is 10.8 Å². The molecule has 0 aliphatic heterocycles. The smallest absolute Gasteiger partial charge is 0.149 e. The molecule has 0 saturated heterocycles. The lowest BCUT2D eigenvalue weighted by Crippen LogP contribution is -2.10. The molecular weight excluding hydrogens is 767 g/mol. The molecule has 4 nitrogen and oxygen atoms in total. The predicted octanol–water partition coefficient (Wildman–Crippen LogP) is 15.6. The Morgan fingerprint density at radius 3 is 2.00 bits per heavy atom. The number of aryl methyl sites for hydroxylation is 3. The molecule has 0 aliphatic rings. The zero-order chi connectivity index (χ0) is 57.8. The normalized spacial score (nSPS) is 16.2. The monoisotopic (exact) mass is 838 g/mol. The lowest BCUT2D eigenvalue weighted by Gasteiger charge is -2.20. The van der Waals surface area contributed by atoms with Crippen molar-refractivity contribution >= 4 is 11.0 Å². The molecule has 0 amide bonds. The zero-order valence-corrected chi connectivity index (χ0v) is 35.8. The molecule has 0 atom stereocenters. The van der Waals surface area contributed by atoms with Crippen molar-refractivity contribution in [1.82, 2.24) is 14.5 Å². The van der Waals surface area contributed by atoms with E-state index in [-0.39, 0.29) is 22.4 Å². The number of hydrogen-bond donors (Lipinski definition) is 1. The number of hydrogen-bond acceptors (Lipinski definition) is 3. The third-order valence-electron chi connectivity index (χ3n) is 11.3. The number of aromatic hydroxyl groups is 1. The molecule has 63 heavy (non-hydrogen) atoms. The van der Waals surface area contributed by atoms with Crippen LogP contribution in [0.5, 0.6) is 5.75 Å². The summed E-state index contributed by atoms with van der Waals surface area (Å²) in [5, 5.41) is 11.9. The van der Waals surface area contributed by atoms with Crippen LogP contribution in [0, 0.1) is 20.8 Å². The van der Waals surface area contributed by atoms with Crippen LogP contribution in [-0.4, -0.2) is 19.6 Å². The minimum Gasteiger partial charge on any atom is -0.507 e. The van der Waals surface area contributed by atoms with E-state index in [1.807, 2.05) is 104 Å². The number of rotatable bonds is 7. The molecule has 0 aliphatic carbocycles. The summed E-state index contributed by atoms with van der Waals surface area (Å²) in [6.07, 6.45) is -0.740. The first-order valence-corrected chi connectivity index (χ1v) is 20.6. The van der Waals surface area contributed by atoms with Gasteiger partial charge in [-0.25, -0.2) is 4.98 Å². The fraction of sp³-hybridized carbons (Fsp3) is 0.186. The van der Waals surface area contributed by atoms with Gasteiger partial charge in [0.25, 0.3) is 0 Å². The summed E-state index contributed by atoms with van der Waals surface area (Å²) in [5.41, 5.74) is 3.84. The van der Waals surface area contributed by atoms with E-state index < -0.39 is 85.1 Å². The maximum Gasteiger partial charge on any atom is 0.149 e. The van der Waals surface area contributed by atoms with E-state index >= 15 is 0 Å². The van der Waals surface area contributed by atoms with E-state index in [0.717, 1.165) is 33.5 Å². The molecule has 0 unspecified atom stereocenters. The van der Waals surface area contributed by atoms with Crippen LogP contribution < -0.4 is 0 Å². The van der Waals surface area contributed by atoms with Gasteiger partial charge >= 0.3 is 0 Å². The Morgan fingerprint density at radius 1 is 0.556 bits per heavy atom. The number of nitrogens with zero attached hydrogens (tertiary/aromatic N) is 3. The molecule has 9 aromatic rings. The number of phenolic OH excluding ortho intramolecular Hbond substituents is 1. The third kappa shape index (κ3) is 8.10. The standard InChI is InChI=1S/C59H55N3O/c1-37-18-27-53(50(31-37)42-21-25-48(26-22-42)59(7,8)9)62-54-17-13-16-49(55(54)61-57(62)51-32-38(2)30-39(3)56(51)63)45-33-44(40-14-11-10-12-15-40)34-46(35-45)52-36-43(28-29-60-52)41-19-23-47(24-20-41)58(4,5)6/h10-36,63H,1-9H3/i4D3,5D3,6D3,19D,20D,23D,24D,28D,29D,36D. The number of imidazole rings is 1. The molecular formula is C59H55N3O. The fourth-order valence-electron chi connectivity index (χ4n) is 8.03. The van der Waals surface area contributed by atoms with Gasteiger partial charge in [0.2, 0.25) is 0 Å². The fourth-order valence-corrected chi connectivity index (χ4v) is 8.03. The number of pyridine rings is 1. The van der Waals surface area contributed by atoms with Crippen molar-refractivity contribution in [2.24, 2.45) is 0 Å². The average Bonchev–Trinajstić information content (AvgIpc) is 3.77. The van der Waals surface area contributed by atoms with E-state index in [1.54, 1.807) is 12.1 Å². The summed E-state index contributed by atoms with van der Waals surface area (Å²) in [6.45, 7) is 0.517. The Bertz CT molecular complexity index is 3840. The van der Waals surface area contributed by atoms with Crippen LogP contribution in [0.15, 0.2) is 164 Å². The van der Waals surface area contributed by atoms with Crippen molar-refractivity contribution in [1.29, 1.82) is 0 Å². The van der Waals surface area contributed by atoms with Gasteiger partial charge in [0, 0.05) is 35.2 Å². The van der Waals surface area contributed by atoms with Crippen molar-refractivity contribution in [3.05, 3.63) is 192 Å². The molecule has 2 aromatic heterocycles. The van der Waals surface area contributed by atoms with Gasteiger partial charge < -0.3 is 5.11 Å². The minimum absolute atomic E-state index is 0.0525. The Hall–Kier alpha value is -7.04. The zero-order valence-electron chi connectivity index (χ0n) is 51.8. The van der Waals surface area contributed by atoms with Crippen LogP contribution in [0.3, 0.4) is 0 Å². The van der Waals surface area contributed by atoms with E-state index in [2.05, 4.69) is 56.1 Å². The summed E-state index contributed by atoms with van der Waals surface area (Å²) in [7, 11) is 0. The molecule has 7 aromatic carbocycles. The summed E-state index contributed by atoms with van der Waals surface area (Å²) >= 11 is 0. The largest absolute Gasteiger partial charge is 0.507 e. The first-order chi connectivity index (χ1) is 36.8. The first kappa shape index (κ1) is 26.4. The van der Waals surface area contributed by atoms with Gasteiger partial charge in [0.1, 0.15) is 11.6 Å². The number of para-hydroxylation sites is 1.